The molecule has 0 saturated carbocycles. The number of carbonyl (C=O) groups is 1. The zero-order valence-corrected chi connectivity index (χ0v) is 14.7. The third-order valence-electron chi connectivity index (χ3n) is 4.99. The van der Waals surface area contributed by atoms with Crippen molar-refractivity contribution in [1.82, 2.24) is 20.3 Å². The molecule has 1 fully saturated rings. The maximum atomic E-state index is 12.3. The number of aromatic amines is 1. The van der Waals surface area contributed by atoms with Crippen molar-refractivity contribution in [1.29, 1.82) is 0 Å². The third kappa shape index (κ3) is 3.69. The van der Waals surface area contributed by atoms with Crippen LogP contribution in [0, 0.1) is 0 Å². The standard InChI is InChI=1S/C20H23N5O/c26-19(7-6-15-14-23-18-5-2-1-4-17(15)18)24-16-8-12-25(13-9-16)20-21-10-3-11-22-20/h1-5,10-11,14,16,23H,6-9,12-13H2,(H,24,26). The van der Waals surface area contributed by atoms with Gasteiger partial charge in [-0.2, -0.15) is 0 Å². The van der Waals surface area contributed by atoms with Crippen LogP contribution in [0.4, 0.5) is 5.95 Å². The lowest BCUT2D eigenvalue weighted by Crippen LogP contribution is -2.45. The number of rotatable bonds is 5. The van der Waals surface area contributed by atoms with Crippen molar-refractivity contribution in [2.45, 2.75) is 31.7 Å². The first-order valence-corrected chi connectivity index (χ1v) is 9.16. The number of hydrogen-bond donors (Lipinski definition) is 2. The van der Waals surface area contributed by atoms with E-state index in [9.17, 15) is 4.79 Å². The molecule has 1 aliphatic rings. The van der Waals surface area contributed by atoms with Gasteiger partial charge in [0.2, 0.25) is 11.9 Å². The number of benzene rings is 1. The number of anilines is 1. The Labute approximate surface area is 152 Å². The van der Waals surface area contributed by atoms with Gasteiger partial charge in [0.25, 0.3) is 0 Å². The summed E-state index contributed by atoms with van der Waals surface area (Å²) in [7, 11) is 0. The van der Waals surface area contributed by atoms with Gasteiger partial charge in [0, 0.05) is 55.0 Å². The van der Waals surface area contributed by atoms with E-state index in [4.69, 9.17) is 0 Å². The van der Waals surface area contributed by atoms with Crippen LogP contribution in [-0.4, -0.2) is 40.0 Å². The first-order chi connectivity index (χ1) is 12.8. The van der Waals surface area contributed by atoms with E-state index in [1.165, 1.54) is 10.9 Å². The zero-order valence-electron chi connectivity index (χ0n) is 14.7. The topological polar surface area (TPSA) is 73.9 Å². The summed E-state index contributed by atoms with van der Waals surface area (Å²) in [6.07, 6.45) is 8.67. The molecule has 0 unspecified atom stereocenters. The molecule has 26 heavy (non-hydrogen) atoms. The van der Waals surface area contributed by atoms with Gasteiger partial charge in [-0.3, -0.25) is 4.79 Å². The Bertz CT molecular complexity index is 868. The number of aromatic nitrogens is 3. The Hall–Kier alpha value is -2.89. The second-order valence-electron chi connectivity index (χ2n) is 6.74. The average molecular weight is 349 g/mol. The number of nitrogens with zero attached hydrogens (tertiary/aromatic N) is 3. The molecular weight excluding hydrogens is 326 g/mol. The van der Waals surface area contributed by atoms with Crippen molar-refractivity contribution in [3.05, 3.63) is 54.5 Å². The molecule has 0 atom stereocenters. The normalized spacial score (nSPS) is 15.3. The lowest BCUT2D eigenvalue weighted by Gasteiger charge is -2.32. The van der Waals surface area contributed by atoms with Crippen molar-refractivity contribution in [2.24, 2.45) is 0 Å². The van der Waals surface area contributed by atoms with Gasteiger partial charge in [-0.05, 0) is 37.0 Å². The van der Waals surface area contributed by atoms with Crippen LogP contribution in [0.3, 0.4) is 0 Å². The van der Waals surface area contributed by atoms with Gasteiger partial charge in [-0.15, -0.1) is 0 Å². The Morgan fingerprint density at radius 1 is 1.15 bits per heavy atom. The fourth-order valence-corrected chi connectivity index (χ4v) is 3.56. The summed E-state index contributed by atoms with van der Waals surface area (Å²) in [6.45, 7) is 1.74. The van der Waals surface area contributed by atoms with E-state index >= 15 is 0 Å². The number of piperidine rings is 1. The third-order valence-corrected chi connectivity index (χ3v) is 4.99. The molecule has 0 aliphatic carbocycles. The van der Waals surface area contributed by atoms with Crippen molar-refractivity contribution in [3.8, 4) is 0 Å². The predicted octanol–water partition coefficient (Wildman–Crippen LogP) is 2.68. The fraction of sp³-hybridized carbons (Fsp3) is 0.350. The molecule has 6 heteroatoms. The SMILES string of the molecule is O=C(CCc1c[nH]c2ccccc12)NC1CCN(c2ncccn2)CC1. The highest BCUT2D eigenvalue weighted by Gasteiger charge is 2.22. The van der Waals surface area contributed by atoms with E-state index in [1.54, 1.807) is 12.4 Å². The number of nitrogens with one attached hydrogen (secondary N) is 2. The minimum atomic E-state index is 0.129. The lowest BCUT2D eigenvalue weighted by molar-refractivity contribution is -0.121. The molecule has 6 nitrogen and oxygen atoms in total. The second kappa shape index (κ2) is 7.56. The van der Waals surface area contributed by atoms with Gasteiger partial charge < -0.3 is 15.2 Å². The van der Waals surface area contributed by atoms with E-state index < -0.39 is 0 Å². The molecule has 2 N–H and O–H groups in total. The molecular formula is C20H23N5O. The highest BCUT2D eigenvalue weighted by Crippen LogP contribution is 2.19. The number of amides is 1. The Balaban J connectivity index is 1.25. The number of carbonyl (C=O) groups excluding carboxylic acids is 1. The largest absolute Gasteiger partial charge is 0.361 e. The molecule has 3 aromatic rings. The van der Waals surface area contributed by atoms with E-state index in [2.05, 4.69) is 37.3 Å². The number of fused-ring (bicyclic) bond motifs is 1. The maximum Gasteiger partial charge on any atom is 0.225 e. The molecule has 1 amide bonds. The van der Waals surface area contributed by atoms with Crippen molar-refractivity contribution in [2.75, 3.05) is 18.0 Å². The van der Waals surface area contributed by atoms with Gasteiger partial charge in [-0.25, -0.2) is 9.97 Å². The monoisotopic (exact) mass is 349 g/mol. The van der Waals surface area contributed by atoms with Gasteiger partial charge in [-0.1, -0.05) is 18.2 Å². The van der Waals surface area contributed by atoms with E-state index in [-0.39, 0.29) is 11.9 Å². The predicted molar refractivity (Wildman–Crippen MR) is 102 cm³/mol. The second-order valence-corrected chi connectivity index (χ2v) is 6.74. The summed E-state index contributed by atoms with van der Waals surface area (Å²) in [6, 6.07) is 10.3. The van der Waals surface area contributed by atoms with Crippen molar-refractivity contribution < 1.29 is 4.79 Å². The zero-order chi connectivity index (χ0) is 17.8. The molecule has 0 radical (unpaired) electrons. The Morgan fingerprint density at radius 3 is 2.73 bits per heavy atom. The van der Waals surface area contributed by atoms with E-state index in [0.29, 0.717) is 6.42 Å². The molecule has 3 heterocycles. The van der Waals surface area contributed by atoms with Crippen LogP contribution in [-0.2, 0) is 11.2 Å². The van der Waals surface area contributed by atoms with Crippen LogP contribution >= 0.6 is 0 Å². The van der Waals surface area contributed by atoms with E-state index in [0.717, 1.165) is 43.8 Å². The van der Waals surface area contributed by atoms with Gasteiger partial charge in [0.05, 0.1) is 0 Å². The van der Waals surface area contributed by atoms with Gasteiger partial charge in [0.15, 0.2) is 0 Å². The molecule has 0 spiro atoms. The summed E-state index contributed by atoms with van der Waals surface area (Å²) < 4.78 is 0. The molecule has 1 aliphatic heterocycles. The van der Waals surface area contributed by atoms with E-state index in [1.807, 2.05) is 24.4 Å². The first-order valence-electron chi connectivity index (χ1n) is 9.16. The lowest BCUT2D eigenvalue weighted by atomic mass is 10.0. The van der Waals surface area contributed by atoms with Crippen LogP contribution in [0.15, 0.2) is 48.9 Å². The summed E-state index contributed by atoms with van der Waals surface area (Å²) >= 11 is 0. The number of H-pyrrole nitrogens is 1. The summed E-state index contributed by atoms with van der Waals surface area (Å²) in [4.78, 5) is 26.4. The number of hydrogen-bond acceptors (Lipinski definition) is 4. The van der Waals surface area contributed by atoms with Gasteiger partial charge >= 0.3 is 0 Å². The van der Waals surface area contributed by atoms with Gasteiger partial charge in [0.1, 0.15) is 0 Å². The summed E-state index contributed by atoms with van der Waals surface area (Å²) in [5.41, 5.74) is 2.32. The fourth-order valence-electron chi connectivity index (χ4n) is 3.56. The highest BCUT2D eigenvalue weighted by molar-refractivity contribution is 5.84. The Kier molecular flexibility index (Phi) is 4.82. The Morgan fingerprint density at radius 2 is 1.92 bits per heavy atom. The minimum absolute atomic E-state index is 0.129. The summed E-state index contributed by atoms with van der Waals surface area (Å²) in [5, 5.41) is 4.39. The van der Waals surface area contributed by atoms with Crippen LogP contribution in [0.1, 0.15) is 24.8 Å². The van der Waals surface area contributed by atoms with Crippen LogP contribution < -0.4 is 10.2 Å². The smallest absolute Gasteiger partial charge is 0.225 e. The molecule has 1 aromatic carbocycles. The van der Waals surface area contributed by atoms with Crippen LogP contribution in [0.25, 0.3) is 10.9 Å². The van der Waals surface area contributed by atoms with Crippen LogP contribution in [0.2, 0.25) is 0 Å². The van der Waals surface area contributed by atoms with Crippen LogP contribution in [0.5, 0.6) is 0 Å². The molecule has 134 valence electrons. The molecule has 1 saturated heterocycles. The highest BCUT2D eigenvalue weighted by atomic mass is 16.1. The first kappa shape index (κ1) is 16.6. The summed E-state index contributed by atoms with van der Waals surface area (Å²) in [5.74, 6) is 0.904. The van der Waals surface area contributed by atoms with Crippen molar-refractivity contribution >= 4 is 22.8 Å². The molecule has 2 aromatic heterocycles. The molecule has 4 rings (SSSR count). The molecule has 0 bridgehead atoms. The van der Waals surface area contributed by atoms with Crippen molar-refractivity contribution in [3.63, 3.8) is 0 Å². The quantitative estimate of drug-likeness (QED) is 0.743. The average Bonchev–Trinajstić information content (AvgIpc) is 3.11. The number of para-hydroxylation sites is 1. The minimum Gasteiger partial charge on any atom is -0.361 e. The number of aryl methyl sites for hydroxylation is 1. The maximum absolute atomic E-state index is 12.3.